The Hall–Kier alpha value is -3.98. The smallest absolute Gasteiger partial charge is 0.404 e. The predicted molar refractivity (Wildman–Crippen MR) is 150 cm³/mol. The molecule has 218 valence electrons. The van der Waals surface area contributed by atoms with Gasteiger partial charge in [-0.05, 0) is 57.7 Å². The third-order valence-electron chi connectivity index (χ3n) is 8.29. The lowest BCUT2D eigenvalue weighted by Gasteiger charge is -2.45. The summed E-state index contributed by atoms with van der Waals surface area (Å²) in [5.41, 5.74) is 5.65. The molecule has 12 heteroatoms. The zero-order valence-electron chi connectivity index (χ0n) is 23.2. The van der Waals surface area contributed by atoms with Crippen LogP contribution in [0, 0.1) is 22.2 Å². The minimum Gasteiger partial charge on any atom is -0.404 e. The first-order valence-electron chi connectivity index (χ1n) is 13.3. The van der Waals surface area contributed by atoms with Gasteiger partial charge in [-0.25, -0.2) is 9.97 Å². The number of aliphatic hydroxyl groups is 1. The lowest BCUT2D eigenvalue weighted by atomic mass is 9.61. The largest absolute Gasteiger partial charge is 0.435 e. The van der Waals surface area contributed by atoms with Crippen molar-refractivity contribution in [1.29, 1.82) is 5.26 Å². The Bertz CT molecular complexity index is 1380. The molecule has 9 nitrogen and oxygen atoms in total. The summed E-state index contributed by atoms with van der Waals surface area (Å²) < 4.78 is 38.7. The molecule has 2 aromatic rings. The Labute approximate surface area is 237 Å². The molecule has 2 aliphatic heterocycles. The number of carbonyl (C=O) groups excluding carboxylic acids is 1. The van der Waals surface area contributed by atoms with Gasteiger partial charge in [0.1, 0.15) is 5.69 Å². The first-order chi connectivity index (χ1) is 19.3. The SMILES string of the molecule is CNc1cc(N2CC3(C(C)(C)O)CC2C3)cnc1C(F)(F)F.N#CC1(CN=C/C(=C\N)c2cccc(C=O)n2)CC1. The summed E-state index contributed by atoms with van der Waals surface area (Å²) in [6.07, 6.45) is 4.03. The molecule has 0 amide bonds. The molecule has 2 saturated heterocycles. The molecule has 0 radical (unpaired) electrons. The Morgan fingerprint density at radius 3 is 2.56 bits per heavy atom. The highest BCUT2D eigenvalue weighted by Gasteiger charge is 2.61. The van der Waals surface area contributed by atoms with Crippen LogP contribution in [0.5, 0.6) is 0 Å². The van der Waals surface area contributed by atoms with E-state index in [2.05, 4.69) is 31.2 Å². The second kappa shape index (κ2) is 11.1. The lowest BCUT2D eigenvalue weighted by molar-refractivity contribution is -0.140. The maximum Gasteiger partial charge on any atom is 0.435 e. The number of allylic oxidation sites excluding steroid dienone is 1. The normalized spacial score (nSPS) is 22.8. The van der Waals surface area contributed by atoms with Crippen LogP contribution in [0.25, 0.3) is 5.57 Å². The van der Waals surface area contributed by atoms with Gasteiger partial charge in [0.05, 0.1) is 46.9 Å². The van der Waals surface area contributed by atoms with Crippen molar-refractivity contribution in [3.63, 3.8) is 0 Å². The van der Waals surface area contributed by atoms with Crippen LogP contribution < -0.4 is 16.0 Å². The molecule has 4 fully saturated rings. The molecular weight excluding hydrogens is 535 g/mol. The van der Waals surface area contributed by atoms with E-state index < -0.39 is 17.5 Å². The molecule has 0 unspecified atom stereocenters. The van der Waals surface area contributed by atoms with Crippen molar-refractivity contribution >= 4 is 29.4 Å². The van der Waals surface area contributed by atoms with Gasteiger partial charge < -0.3 is 21.1 Å². The maximum atomic E-state index is 12.9. The van der Waals surface area contributed by atoms with Crippen LogP contribution in [0.1, 0.15) is 61.4 Å². The number of fused-ring (bicyclic) bond motifs is 1. The number of nitrogens with zero attached hydrogens (tertiary/aromatic N) is 5. The van der Waals surface area contributed by atoms with Crippen LogP contribution >= 0.6 is 0 Å². The summed E-state index contributed by atoms with van der Waals surface area (Å²) in [6.45, 7) is 4.74. The van der Waals surface area contributed by atoms with Gasteiger partial charge in [-0.1, -0.05) is 6.07 Å². The molecule has 4 aliphatic rings. The van der Waals surface area contributed by atoms with Crippen molar-refractivity contribution in [2.45, 2.75) is 57.3 Å². The number of hydrogen-bond acceptors (Lipinski definition) is 9. The Morgan fingerprint density at radius 1 is 1.34 bits per heavy atom. The molecule has 4 N–H and O–H groups in total. The number of aldehydes is 1. The maximum absolute atomic E-state index is 12.9. The summed E-state index contributed by atoms with van der Waals surface area (Å²) in [6, 6.07) is 9.16. The van der Waals surface area contributed by atoms with Gasteiger partial charge >= 0.3 is 6.18 Å². The zero-order chi connectivity index (χ0) is 30.1. The number of hydrogen-bond donors (Lipinski definition) is 3. The summed E-state index contributed by atoms with van der Waals surface area (Å²) in [7, 11) is 1.46. The number of alkyl halides is 3. The summed E-state index contributed by atoms with van der Waals surface area (Å²) in [5.74, 6) is 0. The van der Waals surface area contributed by atoms with Crippen LogP contribution in [0.3, 0.4) is 0 Å². The molecule has 0 aromatic carbocycles. The van der Waals surface area contributed by atoms with Gasteiger partial charge in [-0.2, -0.15) is 18.4 Å². The van der Waals surface area contributed by atoms with E-state index >= 15 is 0 Å². The van der Waals surface area contributed by atoms with Crippen LogP contribution in [-0.4, -0.2) is 59.4 Å². The van der Waals surface area contributed by atoms with E-state index in [-0.39, 0.29) is 22.6 Å². The monoisotopic (exact) mass is 569 g/mol. The van der Waals surface area contributed by atoms with Crippen molar-refractivity contribution in [3.05, 3.63) is 53.7 Å². The predicted octanol–water partition coefficient (Wildman–Crippen LogP) is 4.45. The van der Waals surface area contributed by atoms with E-state index in [1.54, 1.807) is 38.3 Å². The fraction of sp³-hybridized carbons (Fsp3) is 0.483. The number of carbonyl (C=O) groups is 1. The third-order valence-corrected chi connectivity index (χ3v) is 8.29. The number of nitriles is 1. The standard InChI is InChI=1S/C15H20F3N3O.C14H14N4O/c1-13(2,22)14-5-10(6-14)21(8-14)9-4-11(19-3)12(20-7-9)15(16,17)18;15-6-11(7-17-10-14(9-16)4-5-14)13-3-1-2-12(8-19)18-13/h4,7,10,19,22H,5-6,8H2,1-3H3;1-3,6-8H,4-5,10,15H2/b;11-6+,17-7?. The number of nitrogens with one attached hydrogen (secondary N) is 1. The van der Waals surface area contributed by atoms with Crippen LogP contribution in [0.2, 0.25) is 0 Å². The minimum atomic E-state index is -4.47. The molecule has 4 heterocycles. The van der Waals surface area contributed by atoms with E-state index in [9.17, 15) is 23.1 Å². The summed E-state index contributed by atoms with van der Waals surface area (Å²) in [5, 5.41) is 21.9. The van der Waals surface area contributed by atoms with Crippen molar-refractivity contribution in [1.82, 2.24) is 9.97 Å². The third kappa shape index (κ3) is 6.20. The molecule has 0 atom stereocenters. The molecule has 0 spiro atoms. The van der Waals surface area contributed by atoms with E-state index in [1.165, 1.54) is 25.5 Å². The second-order valence-corrected chi connectivity index (χ2v) is 11.4. The van der Waals surface area contributed by atoms with E-state index in [0.717, 1.165) is 25.7 Å². The van der Waals surface area contributed by atoms with Gasteiger partial charge in [-0.15, -0.1) is 0 Å². The molecule has 41 heavy (non-hydrogen) atoms. The first-order valence-corrected chi connectivity index (χ1v) is 13.3. The number of nitrogens with two attached hydrogens (primary N) is 1. The molecule has 2 aromatic heterocycles. The summed E-state index contributed by atoms with van der Waals surface area (Å²) >= 11 is 0. The Balaban J connectivity index is 0.000000191. The molecular formula is C29H34F3N7O2. The van der Waals surface area contributed by atoms with Crippen LogP contribution in [0.15, 0.2) is 41.7 Å². The highest BCUT2D eigenvalue weighted by Crippen LogP contribution is 2.58. The Morgan fingerprint density at radius 2 is 2.05 bits per heavy atom. The average Bonchev–Trinajstić information content (AvgIpc) is 3.43. The van der Waals surface area contributed by atoms with E-state index in [0.29, 0.717) is 42.0 Å². The molecule has 2 bridgehead atoms. The van der Waals surface area contributed by atoms with Crippen LogP contribution in [-0.2, 0) is 6.18 Å². The zero-order valence-corrected chi connectivity index (χ0v) is 23.2. The average molecular weight is 570 g/mol. The van der Waals surface area contributed by atoms with Crippen molar-refractivity contribution < 1.29 is 23.1 Å². The highest BCUT2D eigenvalue weighted by atomic mass is 19.4. The second-order valence-electron chi connectivity index (χ2n) is 11.4. The molecule has 2 aliphatic carbocycles. The number of aromatic nitrogens is 2. The van der Waals surface area contributed by atoms with E-state index in [4.69, 9.17) is 11.0 Å². The van der Waals surface area contributed by atoms with Crippen LogP contribution in [0.4, 0.5) is 24.5 Å². The molecule has 6 rings (SSSR count). The number of pyridine rings is 2. The highest BCUT2D eigenvalue weighted by molar-refractivity contribution is 6.08. The van der Waals surface area contributed by atoms with Gasteiger partial charge in [0.15, 0.2) is 12.0 Å². The van der Waals surface area contributed by atoms with Gasteiger partial charge in [0.2, 0.25) is 0 Å². The summed E-state index contributed by atoms with van der Waals surface area (Å²) in [4.78, 5) is 24.7. The van der Waals surface area contributed by atoms with Gasteiger partial charge in [0, 0.05) is 43.0 Å². The number of halogens is 3. The fourth-order valence-corrected chi connectivity index (χ4v) is 5.32. The van der Waals surface area contributed by atoms with E-state index in [1.807, 2.05) is 0 Å². The Kier molecular flexibility index (Phi) is 8.14. The van der Waals surface area contributed by atoms with Crippen molar-refractivity contribution in [2.24, 2.45) is 21.6 Å². The minimum absolute atomic E-state index is 0.0218. The number of anilines is 2. The lowest BCUT2D eigenvalue weighted by Crippen LogP contribution is -2.50. The number of rotatable bonds is 8. The first kappa shape index (κ1) is 30.0. The van der Waals surface area contributed by atoms with Gasteiger partial charge in [-0.3, -0.25) is 9.79 Å². The topological polar surface area (TPSA) is 141 Å². The molecule has 2 saturated carbocycles. The van der Waals surface area contributed by atoms with Gasteiger partial charge in [0.25, 0.3) is 0 Å². The van der Waals surface area contributed by atoms with Crippen molar-refractivity contribution in [2.75, 3.05) is 30.4 Å². The quantitative estimate of drug-likeness (QED) is 0.313. The fourth-order valence-electron chi connectivity index (χ4n) is 5.32. The van der Waals surface area contributed by atoms with Crippen molar-refractivity contribution in [3.8, 4) is 6.07 Å². The number of aliphatic imine (C=N–C) groups is 1.